The maximum absolute atomic E-state index is 13.6. The number of likely N-dealkylation sites (tertiary alicyclic amines) is 1. The van der Waals surface area contributed by atoms with Crippen LogP contribution >= 0.6 is 11.6 Å². The molecule has 1 atom stereocenters. The van der Waals surface area contributed by atoms with Crippen molar-refractivity contribution in [3.8, 4) is 0 Å². The molecule has 1 aromatic carbocycles. The zero-order valence-electron chi connectivity index (χ0n) is 11.4. The molecule has 1 unspecified atom stereocenters. The average molecular weight is 325 g/mol. The van der Waals surface area contributed by atoms with E-state index in [1.165, 1.54) is 11.0 Å². The summed E-state index contributed by atoms with van der Waals surface area (Å²) in [7, 11) is 0. The normalized spacial score (nSPS) is 20.1. The van der Waals surface area contributed by atoms with Gasteiger partial charge in [0.2, 0.25) is 0 Å². The molecule has 0 aliphatic carbocycles. The molecule has 118 valence electrons. The Morgan fingerprint density at radius 2 is 2.10 bits per heavy atom. The Morgan fingerprint density at radius 1 is 1.33 bits per heavy atom. The molecule has 7 heteroatoms. The monoisotopic (exact) mass is 324 g/mol. The first-order valence-corrected chi connectivity index (χ1v) is 7.15. The van der Waals surface area contributed by atoms with Crippen LogP contribution in [0.1, 0.15) is 12.0 Å². The van der Waals surface area contributed by atoms with E-state index in [0.717, 1.165) is 6.42 Å². The third kappa shape index (κ3) is 5.13. The lowest BCUT2D eigenvalue weighted by molar-refractivity contribution is -0.143. The van der Waals surface area contributed by atoms with Crippen LogP contribution in [0.15, 0.2) is 18.2 Å². The van der Waals surface area contributed by atoms with Crippen LogP contribution in [-0.2, 0) is 6.54 Å². The van der Waals surface area contributed by atoms with Gasteiger partial charge in [0, 0.05) is 18.7 Å². The van der Waals surface area contributed by atoms with Gasteiger partial charge in [-0.3, -0.25) is 4.90 Å². The highest BCUT2D eigenvalue weighted by molar-refractivity contribution is 6.30. The maximum Gasteiger partial charge on any atom is 0.401 e. The summed E-state index contributed by atoms with van der Waals surface area (Å²) in [4.78, 5) is 1.41. The number of hydrogen-bond acceptors (Lipinski definition) is 2. The number of rotatable bonds is 5. The van der Waals surface area contributed by atoms with Gasteiger partial charge in [-0.25, -0.2) is 4.39 Å². The van der Waals surface area contributed by atoms with Gasteiger partial charge in [-0.2, -0.15) is 13.2 Å². The fourth-order valence-electron chi connectivity index (χ4n) is 2.57. The highest BCUT2D eigenvalue weighted by atomic mass is 35.5. The van der Waals surface area contributed by atoms with Crippen molar-refractivity contribution in [2.45, 2.75) is 19.1 Å². The van der Waals surface area contributed by atoms with Crippen LogP contribution < -0.4 is 5.32 Å². The predicted molar refractivity (Wildman–Crippen MR) is 73.7 cm³/mol. The Morgan fingerprint density at radius 3 is 2.81 bits per heavy atom. The SMILES string of the molecule is Fc1c(Cl)cccc1CNCC1CCN(CC(F)(F)F)C1. The highest BCUT2D eigenvalue weighted by Gasteiger charge is 2.34. The molecule has 1 saturated heterocycles. The Labute approximate surface area is 126 Å². The molecule has 0 radical (unpaired) electrons. The quantitative estimate of drug-likeness (QED) is 0.835. The van der Waals surface area contributed by atoms with Crippen molar-refractivity contribution in [1.29, 1.82) is 0 Å². The van der Waals surface area contributed by atoms with Gasteiger partial charge in [-0.1, -0.05) is 23.7 Å². The lowest BCUT2D eigenvalue weighted by atomic mass is 10.1. The summed E-state index contributed by atoms with van der Waals surface area (Å²) in [6.07, 6.45) is -3.42. The van der Waals surface area contributed by atoms with Crippen LogP contribution in [0.5, 0.6) is 0 Å². The first-order chi connectivity index (χ1) is 9.85. The van der Waals surface area contributed by atoms with E-state index in [2.05, 4.69) is 5.32 Å². The fraction of sp³-hybridized carbons (Fsp3) is 0.571. The van der Waals surface area contributed by atoms with Crippen molar-refractivity contribution >= 4 is 11.6 Å². The summed E-state index contributed by atoms with van der Waals surface area (Å²) in [6, 6.07) is 4.79. The van der Waals surface area contributed by atoms with Crippen LogP contribution in [0.2, 0.25) is 5.02 Å². The van der Waals surface area contributed by atoms with E-state index < -0.39 is 18.5 Å². The number of benzene rings is 1. The van der Waals surface area contributed by atoms with E-state index in [0.29, 0.717) is 31.7 Å². The van der Waals surface area contributed by atoms with E-state index in [-0.39, 0.29) is 10.9 Å². The molecule has 1 aliphatic heterocycles. The van der Waals surface area contributed by atoms with Crippen molar-refractivity contribution in [2.24, 2.45) is 5.92 Å². The van der Waals surface area contributed by atoms with Gasteiger partial charge < -0.3 is 5.32 Å². The van der Waals surface area contributed by atoms with Gasteiger partial charge in [0.15, 0.2) is 0 Å². The molecule has 0 saturated carbocycles. The summed E-state index contributed by atoms with van der Waals surface area (Å²) in [6.45, 7) is 0.914. The molecular weight excluding hydrogens is 308 g/mol. The van der Waals surface area contributed by atoms with Crippen molar-refractivity contribution in [2.75, 3.05) is 26.2 Å². The maximum atomic E-state index is 13.6. The summed E-state index contributed by atoms with van der Waals surface area (Å²) in [5.41, 5.74) is 0.465. The lowest BCUT2D eigenvalue weighted by Gasteiger charge is -2.18. The molecule has 1 N–H and O–H groups in total. The Bertz CT molecular complexity index is 479. The van der Waals surface area contributed by atoms with Crippen molar-refractivity contribution in [3.05, 3.63) is 34.6 Å². The van der Waals surface area contributed by atoms with Crippen LogP contribution in [0.3, 0.4) is 0 Å². The Hall–Kier alpha value is -0.850. The van der Waals surface area contributed by atoms with Gasteiger partial charge in [0.05, 0.1) is 11.6 Å². The van der Waals surface area contributed by atoms with Gasteiger partial charge in [0.1, 0.15) is 5.82 Å². The lowest BCUT2D eigenvalue weighted by Crippen LogP contribution is -2.33. The first kappa shape index (κ1) is 16.5. The summed E-state index contributed by atoms with van der Waals surface area (Å²) in [5.74, 6) is -0.286. The second-order valence-electron chi connectivity index (χ2n) is 5.35. The molecule has 0 aromatic heterocycles. The van der Waals surface area contributed by atoms with Crippen LogP contribution in [0.25, 0.3) is 0 Å². The van der Waals surface area contributed by atoms with E-state index in [9.17, 15) is 17.6 Å². The second-order valence-corrected chi connectivity index (χ2v) is 5.76. The van der Waals surface area contributed by atoms with Gasteiger partial charge in [0.25, 0.3) is 0 Å². The summed E-state index contributed by atoms with van der Waals surface area (Å²) in [5, 5.41) is 3.16. The number of hydrogen-bond donors (Lipinski definition) is 1. The Kier molecular flexibility index (Phi) is 5.46. The van der Waals surface area contributed by atoms with Gasteiger partial charge in [-0.05, 0) is 31.5 Å². The standard InChI is InChI=1S/C14H17ClF4N2/c15-12-3-1-2-11(13(12)16)7-20-6-10-4-5-21(8-10)9-14(17,18)19/h1-3,10,20H,4-9H2. The zero-order valence-corrected chi connectivity index (χ0v) is 12.1. The topological polar surface area (TPSA) is 15.3 Å². The Balaban J connectivity index is 1.74. The number of alkyl halides is 3. The molecule has 21 heavy (non-hydrogen) atoms. The molecule has 0 bridgehead atoms. The summed E-state index contributed by atoms with van der Waals surface area (Å²) < 4.78 is 50.5. The van der Waals surface area contributed by atoms with Gasteiger partial charge in [-0.15, -0.1) is 0 Å². The molecule has 1 aromatic rings. The van der Waals surface area contributed by atoms with Crippen LogP contribution in [-0.4, -0.2) is 37.3 Å². The molecule has 1 aliphatic rings. The molecule has 2 nitrogen and oxygen atoms in total. The fourth-order valence-corrected chi connectivity index (χ4v) is 2.77. The molecule has 2 rings (SSSR count). The smallest absolute Gasteiger partial charge is 0.312 e. The van der Waals surface area contributed by atoms with Gasteiger partial charge >= 0.3 is 6.18 Å². The largest absolute Gasteiger partial charge is 0.401 e. The molecular formula is C14H17ClF4N2. The minimum Gasteiger partial charge on any atom is -0.312 e. The molecule has 1 fully saturated rings. The minimum absolute atomic E-state index is 0.0755. The highest BCUT2D eigenvalue weighted by Crippen LogP contribution is 2.22. The molecule has 0 spiro atoms. The van der Waals surface area contributed by atoms with Crippen molar-refractivity contribution < 1.29 is 17.6 Å². The summed E-state index contributed by atoms with van der Waals surface area (Å²) >= 11 is 5.68. The van der Waals surface area contributed by atoms with E-state index in [1.807, 2.05) is 0 Å². The van der Waals surface area contributed by atoms with Crippen LogP contribution in [0, 0.1) is 11.7 Å². The van der Waals surface area contributed by atoms with Crippen molar-refractivity contribution in [1.82, 2.24) is 10.2 Å². The number of nitrogens with zero attached hydrogens (tertiary/aromatic N) is 1. The average Bonchev–Trinajstić information content (AvgIpc) is 2.80. The van der Waals surface area contributed by atoms with E-state index in [4.69, 9.17) is 11.6 Å². The van der Waals surface area contributed by atoms with Crippen molar-refractivity contribution in [3.63, 3.8) is 0 Å². The van der Waals surface area contributed by atoms with Crippen LogP contribution in [0.4, 0.5) is 17.6 Å². The third-order valence-corrected chi connectivity index (χ3v) is 3.84. The number of nitrogens with one attached hydrogen (secondary N) is 1. The zero-order chi connectivity index (χ0) is 15.5. The first-order valence-electron chi connectivity index (χ1n) is 6.78. The molecule has 0 amide bonds. The predicted octanol–water partition coefficient (Wildman–Crippen LogP) is 3.45. The van der Waals surface area contributed by atoms with E-state index in [1.54, 1.807) is 12.1 Å². The minimum atomic E-state index is -4.15. The number of halogens is 5. The molecule has 1 heterocycles. The second kappa shape index (κ2) is 6.94. The van der Waals surface area contributed by atoms with E-state index >= 15 is 0 Å². The third-order valence-electron chi connectivity index (χ3n) is 3.55.